The highest BCUT2D eigenvalue weighted by atomic mass is 16.1. The van der Waals surface area contributed by atoms with E-state index in [0.717, 1.165) is 6.54 Å². The first-order valence-electron chi connectivity index (χ1n) is 4.54. The molecule has 0 radical (unpaired) electrons. The summed E-state index contributed by atoms with van der Waals surface area (Å²) in [6.07, 6.45) is 1.67. The van der Waals surface area contributed by atoms with E-state index in [-0.39, 0.29) is 11.3 Å². The fraction of sp³-hybridized carbons (Fsp3) is 0.700. The van der Waals surface area contributed by atoms with Gasteiger partial charge >= 0.3 is 0 Å². The van der Waals surface area contributed by atoms with Gasteiger partial charge in [0.15, 0.2) is 0 Å². The molecule has 0 aliphatic carbocycles. The van der Waals surface area contributed by atoms with Gasteiger partial charge in [-0.2, -0.15) is 0 Å². The fourth-order valence-corrected chi connectivity index (χ4v) is 0.800. The van der Waals surface area contributed by atoms with Crippen LogP contribution in [0.15, 0.2) is 12.7 Å². The van der Waals surface area contributed by atoms with Gasteiger partial charge in [0.2, 0.25) is 5.91 Å². The maximum atomic E-state index is 11.1. The molecule has 0 aromatic heterocycles. The minimum atomic E-state index is 0.0177. The summed E-state index contributed by atoms with van der Waals surface area (Å²) in [6, 6.07) is 0. The standard InChI is InChI=1S/C10H20N2O/c1-5-6-12-9(13)7-11-8-10(2,3)4/h5,11H,1,6-8H2,2-4H3,(H,12,13). The van der Waals surface area contributed by atoms with Crippen LogP contribution in [0, 0.1) is 5.41 Å². The minimum Gasteiger partial charge on any atom is -0.352 e. The molecule has 0 saturated heterocycles. The zero-order valence-electron chi connectivity index (χ0n) is 8.81. The van der Waals surface area contributed by atoms with Gasteiger partial charge in [0.1, 0.15) is 0 Å². The molecule has 0 saturated carbocycles. The summed E-state index contributed by atoms with van der Waals surface area (Å²) < 4.78 is 0. The summed E-state index contributed by atoms with van der Waals surface area (Å²) in [6.45, 7) is 11.7. The first kappa shape index (κ1) is 12.2. The Morgan fingerprint density at radius 2 is 2.08 bits per heavy atom. The summed E-state index contributed by atoms with van der Waals surface area (Å²) in [5, 5.41) is 5.79. The van der Waals surface area contributed by atoms with E-state index < -0.39 is 0 Å². The molecule has 0 atom stereocenters. The Morgan fingerprint density at radius 3 is 2.54 bits per heavy atom. The Bertz CT molecular complexity index is 170. The topological polar surface area (TPSA) is 41.1 Å². The Kier molecular flexibility index (Phi) is 5.39. The lowest BCUT2D eigenvalue weighted by atomic mass is 9.97. The number of hydrogen-bond donors (Lipinski definition) is 2. The van der Waals surface area contributed by atoms with Crippen LogP contribution in [-0.4, -0.2) is 25.5 Å². The Balaban J connectivity index is 3.42. The van der Waals surface area contributed by atoms with E-state index in [0.29, 0.717) is 13.1 Å². The Hall–Kier alpha value is -0.830. The third-order valence-corrected chi connectivity index (χ3v) is 1.38. The molecule has 76 valence electrons. The van der Waals surface area contributed by atoms with Gasteiger partial charge in [-0.25, -0.2) is 0 Å². The molecule has 0 aliphatic heterocycles. The predicted octanol–water partition coefficient (Wildman–Crippen LogP) is 0.924. The summed E-state index contributed by atoms with van der Waals surface area (Å²) in [5.41, 5.74) is 0.221. The van der Waals surface area contributed by atoms with Crippen molar-refractivity contribution >= 4 is 5.91 Å². The summed E-state index contributed by atoms with van der Waals surface area (Å²) in [7, 11) is 0. The van der Waals surface area contributed by atoms with Crippen molar-refractivity contribution in [2.75, 3.05) is 19.6 Å². The van der Waals surface area contributed by atoms with Crippen molar-refractivity contribution in [2.24, 2.45) is 5.41 Å². The van der Waals surface area contributed by atoms with Crippen LogP contribution in [0.5, 0.6) is 0 Å². The highest BCUT2D eigenvalue weighted by Gasteiger charge is 2.09. The van der Waals surface area contributed by atoms with Crippen molar-refractivity contribution in [2.45, 2.75) is 20.8 Å². The third-order valence-electron chi connectivity index (χ3n) is 1.38. The van der Waals surface area contributed by atoms with E-state index >= 15 is 0 Å². The molecular formula is C10H20N2O. The second-order valence-corrected chi connectivity index (χ2v) is 4.26. The maximum Gasteiger partial charge on any atom is 0.234 e. The van der Waals surface area contributed by atoms with Gasteiger partial charge in [-0.1, -0.05) is 26.8 Å². The van der Waals surface area contributed by atoms with Gasteiger partial charge in [0.25, 0.3) is 0 Å². The molecule has 0 unspecified atom stereocenters. The van der Waals surface area contributed by atoms with E-state index in [2.05, 4.69) is 38.0 Å². The monoisotopic (exact) mass is 184 g/mol. The first-order valence-corrected chi connectivity index (χ1v) is 4.54. The van der Waals surface area contributed by atoms with Crippen molar-refractivity contribution in [1.82, 2.24) is 10.6 Å². The van der Waals surface area contributed by atoms with E-state index in [9.17, 15) is 4.79 Å². The van der Waals surface area contributed by atoms with Crippen molar-refractivity contribution in [1.29, 1.82) is 0 Å². The molecular weight excluding hydrogens is 164 g/mol. The molecule has 0 heterocycles. The molecule has 3 heteroatoms. The average Bonchev–Trinajstić information content (AvgIpc) is 1.98. The second kappa shape index (κ2) is 5.75. The van der Waals surface area contributed by atoms with Crippen LogP contribution < -0.4 is 10.6 Å². The van der Waals surface area contributed by atoms with Gasteiger partial charge in [0, 0.05) is 13.1 Å². The Labute approximate surface area is 80.6 Å². The zero-order chi connectivity index (χ0) is 10.3. The van der Waals surface area contributed by atoms with E-state index in [1.165, 1.54) is 0 Å². The van der Waals surface area contributed by atoms with Crippen LogP contribution >= 0.6 is 0 Å². The van der Waals surface area contributed by atoms with Crippen molar-refractivity contribution in [3.05, 3.63) is 12.7 Å². The number of amides is 1. The zero-order valence-corrected chi connectivity index (χ0v) is 8.81. The van der Waals surface area contributed by atoms with Gasteiger partial charge in [0.05, 0.1) is 6.54 Å². The number of nitrogens with one attached hydrogen (secondary N) is 2. The largest absolute Gasteiger partial charge is 0.352 e. The number of hydrogen-bond acceptors (Lipinski definition) is 2. The van der Waals surface area contributed by atoms with Crippen LogP contribution in [0.25, 0.3) is 0 Å². The summed E-state index contributed by atoms with van der Waals surface area (Å²) >= 11 is 0. The molecule has 2 N–H and O–H groups in total. The number of carbonyl (C=O) groups is 1. The number of carbonyl (C=O) groups excluding carboxylic acids is 1. The van der Waals surface area contributed by atoms with Crippen molar-refractivity contribution in [3.63, 3.8) is 0 Å². The van der Waals surface area contributed by atoms with Gasteiger partial charge in [-0.05, 0) is 5.41 Å². The lowest BCUT2D eigenvalue weighted by molar-refractivity contribution is -0.120. The molecule has 0 aromatic carbocycles. The molecule has 0 aromatic rings. The average molecular weight is 184 g/mol. The highest BCUT2D eigenvalue weighted by Crippen LogP contribution is 2.09. The van der Waals surface area contributed by atoms with Gasteiger partial charge < -0.3 is 10.6 Å². The number of rotatable bonds is 5. The normalized spacial score (nSPS) is 11.0. The molecule has 1 amide bonds. The van der Waals surface area contributed by atoms with Crippen LogP contribution in [0.4, 0.5) is 0 Å². The maximum absolute atomic E-state index is 11.1. The lowest BCUT2D eigenvalue weighted by Crippen LogP contribution is -2.37. The van der Waals surface area contributed by atoms with Crippen LogP contribution in [0.2, 0.25) is 0 Å². The summed E-state index contributed by atoms with van der Waals surface area (Å²) in [5.74, 6) is 0.0177. The Morgan fingerprint density at radius 1 is 1.46 bits per heavy atom. The second-order valence-electron chi connectivity index (χ2n) is 4.26. The molecule has 0 spiro atoms. The molecule has 0 fully saturated rings. The first-order chi connectivity index (χ1) is 5.95. The quantitative estimate of drug-likeness (QED) is 0.624. The third kappa shape index (κ3) is 9.08. The summed E-state index contributed by atoms with van der Waals surface area (Å²) in [4.78, 5) is 11.1. The van der Waals surface area contributed by atoms with Gasteiger partial charge in [-0.3, -0.25) is 4.79 Å². The van der Waals surface area contributed by atoms with Crippen LogP contribution in [-0.2, 0) is 4.79 Å². The molecule has 0 aliphatic rings. The molecule has 13 heavy (non-hydrogen) atoms. The van der Waals surface area contributed by atoms with E-state index in [4.69, 9.17) is 0 Å². The lowest BCUT2D eigenvalue weighted by Gasteiger charge is -2.18. The molecule has 0 rings (SSSR count). The van der Waals surface area contributed by atoms with Crippen molar-refractivity contribution in [3.8, 4) is 0 Å². The minimum absolute atomic E-state index is 0.0177. The predicted molar refractivity (Wildman–Crippen MR) is 55.5 cm³/mol. The molecule has 0 bridgehead atoms. The van der Waals surface area contributed by atoms with Crippen LogP contribution in [0.3, 0.4) is 0 Å². The van der Waals surface area contributed by atoms with E-state index in [1.807, 2.05) is 0 Å². The van der Waals surface area contributed by atoms with Gasteiger partial charge in [-0.15, -0.1) is 6.58 Å². The van der Waals surface area contributed by atoms with E-state index in [1.54, 1.807) is 6.08 Å². The van der Waals surface area contributed by atoms with Crippen molar-refractivity contribution < 1.29 is 4.79 Å². The SMILES string of the molecule is C=CCNC(=O)CNCC(C)(C)C. The fourth-order valence-electron chi connectivity index (χ4n) is 0.800. The smallest absolute Gasteiger partial charge is 0.234 e. The highest BCUT2D eigenvalue weighted by molar-refractivity contribution is 5.78. The molecule has 3 nitrogen and oxygen atoms in total. The van der Waals surface area contributed by atoms with Crippen LogP contribution in [0.1, 0.15) is 20.8 Å².